The largest absolute Gasteiger partial charge is 0.378 e. The number of nitrogens with one attached hydrogen (secondary N) is 3. The zero-order valence-corrected chi connectivity index (χ0v) is 10.7. The smallest absolute Gasteiger partial charge is 0.315 e. The van der Waals surface area contributed by atoms with Gasteiger partial charge in [0.1, 0.15) is 6.04 Å². The first-order chi connectivity index (χ1) is 8.69. The van der Waals surface area contributed by atoms with E-state index in [1.807, 2.05) is 6.92 Å². The van der Waals surface area contributed by atoms with Crippen LogP contribution in [-0.2, 0) is 9.53 Å². The van der Waals surface area contributed by atoms with Gasteiger partial charge in [-0.1, -0.05) is 0 Å². The number of ether oxygens (including phenoxy) is 1. The van der Waals surface area contributed by atoms with Gasteiger partial charge >= 0.3 is 6.03 Å². The molecule has 1 saturated heterocycles. The van der Waals surface area contributed by atoms with Crippen LogP contribution in [0.3, 0.4) is 0 Å². The van der Waals surface area contributed by atoms with Gasteiger partial charge in [-0.15, -0.1) is 0 Å². The van der Waals surface area contributed by atoms with Crippen molar-refractivity contribution in [2.24, 2.45) is 0 Å². The fraction of sp³-hybridized carbons (Fsp3) is 0.833. The van der Waals surface area contributed by atoms with Crippen molar-refractivity contribution >= 4 is 11.9 Å². The highest BCUT2D eigenvalue weighted by Gasteiger charge is 2.31. The van der Waals surface area contributed by atoms with Crippen LogP contribution < -0.4 is 16.0 Å². The molecule has 1 saturated carbocycles. The molecule has 2 aliphatic rings. The summed E-state index contributed by atoms with van der Waals surface area (Å²) >= 11 is 0. The van der Waals surface area contributed by atoms with Gasteiger partial charge in [-0.25, -0.2) is 4.79 Å². The minimum absolute atomic E-state index is 0.0859. The van der Waals surface area contributed by atoms with E-state index in [-0.39, 0.29) is 30.1 Å². The topological polar surface area (TPSA) is 79.5 Å². The van der Waals surface area contributed by atoms with Crippen LogP contribution >= 0.6 is 0 Å². The molecule has 6 nitrogen and oxygen atoms in total. The van der Waals surface area contributed by atoms with E-state index in [1.165, 1.54) is 0 Å². The zero-order valence-electron chi connectivity index (χ0n) is 10.7. The fourth-order valence-electron chi connectivity index (χ4n) is 2.35. The Morgan fingerprint density at radius 2 is 2.22 bits per heavy atom. The third-order valence-electron chi connectivity index (χ3n) is 3.42. The number of carbonyl (C=O) groups excluding carboxylic acids is 2. The number of amides is 3. The molecule has 2 rings (SSSR count). The SMILES string of the molecule is CCOC1CC(NC(=O)N[C@H]2CCCNC2=O)C1. The van der Waals surface area contributed by atoms with Crippen molar-refractivity contribution < 1.29 is 14.3 Å². The molecular formula is C12H21N3O3. The Hall–Kier alpha value is -1.30. The van der Waals surface area contributed by atoms with E-state index in [0.29, 0.717) is 19.6 Å². The van der Waals surface area contributed by atoms with Gasteiger partial charge in [0, 0.05) is 19.2 Å². The van der Waals surface area contributed by atoms with Crippen LogP contribution in [0.15, 0.2) is 0 Å². The Morgan fingerprint density at radius 3 is 2.89 bits per heavy atom. The second kappa shape index (κ2) is 6.04. The highest BCUT2D eigenvalue weighted by Crippen LogP contribution is 2.22. The van der Waals surface area contributed by atoms with Crippen molar-refractivity contribution in [2.75, 3.05) is 13.2 Å². The van der Waals surface area contributed by atoms with Gasteiger partial charge in [0.05, 0.1) is 6.10 Å². The van der Waals surface area contributed by atoms with Crippen LogP contribution in [0.4, 0.5) is 4.79 Å². The monoisotopic (exact) mass is 255 g/mol. The summed E-state index contributed by atoms with van der Waals surface area (Å²) in [5, 5.41) is 8.32. The van der Waals surface area contributed by atoms with E-state index < -0.39 is 0 Å². The van der Waals surface area contributed by atoms with Gasteiger partial charge in [0.2, 0.25) is 5.91 Å². The molecule has 102 valence electrons. The van der Waals surface area contributed by atoms with Gasteiger partial charge in [-0.3, -0.25) is 4.79 Å². The normalized spacial score (nSPS) is 31.2. The Balaban J connectivity index is 1.65. The van der Waals surface area contributed by atoms with E-state index in [0.717, 1.165) is 19.3 Å². The van der Waals surface area contributed by atoms with Crippen LogP contribution in [0.1, 0.15) is 32.6 Å². The fourth-order valence-corrected chi connectivity index (χ4v) is 2.35. The third-order valence-corrected chi connectivity index (χ3v) is 3.42. The molecule has 6 heteroatoms. The maximum absolute atomic E-state index is 11.7. The molecule has 1 aliphatic carbocycles. The predicted molar refractivity (Wildman–Crippen MR) is 66.1 cm³/mol. The first-order valence-corrected chi connectivity index (χ1v) is 6.65. The van der Waals surface area contributed by atoms with E-state index in [2.05, 4.69) is 16.0 Å². The molecule has 3 amide bonds. The highest BCUT2D eigenvalue weighted by atomic mass is 16.5. The molecule has 0 aromatic carbocycles. The van der Waals surface area contributed by atoms with E-state index in [4.69, 9.17) is 4.74 Å². The molecule has 1 heterocycles. The molecule has 0 aromatic heterocycles. The summed E-state index contributed by atoms with van der Waals surface area (Å²) < 4.78 is 5.42. The Bertz CT molecular complexity index is 316. The predicted octanol–water partition coefficient (Wildman–Crippen LogP) is 0.132. The van der Waals surface area contributed by atoms with Gasteiger partial charge < -0.3 is 20.7 Å². The van der Waals surface area contributed by atoms with Crippen LogP contribution in [-0.4, -0.2) is 43.3 Å². The average molecular weight is 255 g/mol. The number of rotatable bonds is 4. The lowest BCUT2D eigenvalue weighted by atomic mass is 9.89. The van der Waals surface area contributed by atoms with Crippen molar-refractivity contribution in [3.05, 3.63) is 0 Å². The van der Waals surface area contributed by atoms with Gasteiger partial charge in [0.15, 0.2) is 0 Å². The molecular weight excluding hydrogens is 234 g/mol. The average Bonchev–Trinajstić information content (AvgIpc) is 2.29. The zero-order chi connectivity index (χ0) is 13.0. The molecule has 0 bridgehead atoms. The van der Waals surface area contributed by atoms with Gasteiger partial charge in [-0.2, -0.15) is 0 Å². The highest BCUT2D eigenvalue weighted by molar-refractivity contribution is 5.87. The minimum atomic E-state index is -0.387. The van der Waals surface area contributed by atoms with E-state index in [1.54, 1.807) is 0 Å². The second-order valence-electron chi connectivity index (χ2n) is 4.85. The number of carbonyl (C=O) groups is 2. The van der Waals surface area contributed by atoms with Gasteiger partial charge in [0.25, 0.3) is 0 Å². The quantitative estimate of drug-likeness (QED) is 0.668. The first kappa shape index (κ1) is 13.1. The lowest BCUT2D eigenvalue weighted by molar-refractivity contribution is -0.124. The van der Waals surface area contributed by atoms with Crippen molar-refractivity contribution in [1.29, 1.82) is 0 Å². The number of piperidine rings is 1. The second-order valence-corrected chi connectivity index (χ2v) is 4.85. The van der Waals surface area contributed by atoms with Crippen LogP contribution in [0.2, 0.25) is 0 Å². The summed E-state index contributed by atoms with van der Waals surface area (Å²) in [6, 6.07) is -0.466. The standard InChI is InChI=1S/C12H21N3O3/c1-2-18-9-6-8(7-9)14-12(17)15-10-4-3-5-13-11(10)16/h8-10H,2-7H2,1H3,(H,13,16)(H2,14,15,17)/t8?,9?,10-/m0/s1. The van der Waals surface area contributed by atoms with Crippen molar-refractivity contribution in [2.45, 2.75) is 50.8 Å². The Kier molecular flexibility index (Phi) is 4.41. The molecule has 0 unspecified atom stereocenters. The van der Waals surface area contributed by atoms with Crippen molar-refractivity contribution in [3.8, 4) is 0 Å². The first-order valence-electron chi connectivity index (χ1n) is 6.65. The summed E-state index contributed by atoms with van der Waals surface area (Å²) in [6.07, 6.45) is 3.62. The summed E-state index contributed by atoms with van der Waals surface area (Å²) in [4.78, 5) is 23.1. The molecule has 2 fully saturated rings. The molecule has 1 aliphatic heterocycles. The lowest BCUT2D eigenvalue weighted by Gasteiger charge is -2.35. The third kappa shape index (κ3) is 3.35. The Morgan fingerprint density at radius 1 is 1.44 bits per heavy atom. The molecule has 0 radical (unpaired) electrons. The van der Waals surface area contributed by atoms with Crippen molar-refractivity contribution in [3.63, 3.8) is 0 Å². The summed E-state index contributed by atoms with van der Waals surface area (Å²) in [5.41, 5.74) is 0. The lowest BCUT2D eigenvalue weighted by Crippen LogP contribution is -2.56. The molecule has 1 atom stereocenters. The number of urea groups is 1. The number of hydrogen-bond acceptors (Lipinski definition) is 3. The number of hydrogen-bond donors (Lipinski definition) is 3. The van der Waals surface area contributed by atoms with E-state index in [9.17, 15) is 9.59 Å². The molecule has 0 spiro atoms. The summed E-state index contributed by atoms with van der Waals surface area (Å²) in [6.45, 7) is 3.39. The molecule has 3 N–H and O–H groups in total. The van der Waals surface area contributed by atoms with Gasteiger partial charge in [-0.05, 0) is 32.6 Å². The summed E-state index contributed by atoms with van der Waals surface area (Å²) in [7, 11) is 0. The van der Waals surface area contributed by atoms with Crippen LogP contribution in [0.5, 0.6) is 0 Å². The minimum Gasteiger partial charge on any atom is -0.378 e. The van der Waals surface area contributed by atoms with Crippen molar-refractivity contribution in [1.82, 2.24) is 16.0 Å². The van der Waals surface area contributed by atoms with Crippen LogP contribution in [0, 0.1) is 0 Å². The maximum Gasteiger partial charge on any atom is 0.315 e. The molecule has 0 aromatic rings. The molecule has 18 heavy (non-hydrogen) atoms. The Labute approximate surface area is 107 Å². The maximum atomic E-state index is 11.7. The van der Waals surface area contributed by atoms with Crippen LogP contribution in [0.25, 0.3) is 0 Å². The summed E-state index contributed by atoms with van der Waals surface area (Å²) in [5.74, 6) is -0.0859. The van der Waals surface area contributed by atoms with E-state index >= 15 is 0 Å².